The van der Waals surface area contributed by atoms with Crippen LogP contribution in [0.4, 0.5) is 5.69 Å². The molecule has 0 bridgehead atoms. The minimum Gasteiger partial charge on any atom is -0.382 e. The van der Waals surface area contributed by atoms with Crippen LogP contribution in [0, 0.1) is 6.92 Å². The summed E-state index contributed by atoms with van der Waals surface area (Å²) in [4.78, 5) is 30.5. The van der Waals surface area contributed by atoms with E-state index in [9.17, 15) is 9.59 Å². The molecule has 0 aliphatic carbocycles. The fraction of sp³-hybridized carbons (Fsp3) is 0.348. The maximum Gasteiger partial charge on any atom is 0.262 e. The average Bonchev–Trinajstić information content (AvgIpc) is 2.72. The van der Waals surface area contributed by atoms with Gasteiger partial charge in [-0.25, -0.2) is 4.98 Å². The van der Waals surface area contributed by atoms with Gasteiger partial charge in [-0.15, -0.1) is 0 Å². The number of aromatic nitrogens is 2. The molecule has 0 aliphatic heterocycles. The van der Waals surface area contributed by atoms with Crippen molar-refractivity contribution >= 4 is 45.9 Å². The van der Waals surface area contributed by atoms with Gasteiger partial charge >= 0.3 is 0 Å². The topological polar surface area (TPSA) is 73.2 Å². The van der Waals surface area contributed by atoms with E-state index in [1.165, 1.54) is 11.8 Å². The molecule has 0 saturated carbocycles. The number of nitrogens with zero attached hydrogens (tertiary/aromatic N) is 2. The standard InChI is InChI=1S/C23H26ClN3O3S/c1-4-30-12-6-11-27-22(29)19-10-9-17(24)14-20(19)26-23(27)31-16(3)21(28)25-18-8-5-7-15(2)13-18/h5,7-10,13-14,16H,4,6,11-12H2,1-3H3,(H,25,28). The van der Waals surface area contributed by atoms with Crippen LogP contribution in [0.25, 0.3) is 10.9 Å². The maximum atomic E-state index is 13.1. The molecular weight excluding hydrogens is 434 g/mol. The van der Waals surface area contributed by atoms with Crippen molar-refractivity contribution in [2.75, 3.05) is 18.5 Å². The number of carbonyl (C=O) groups excluding carboxylic acids is 1. The molecule has 1 heterocycles. The highest BCUT2D eigenvalue weighted by atomic mass is 35.5. The van der Waals surface area contributed by atoms with Crippen molar-refractivity contribution in [3.05, 3.63) is 63.4 Å². The number of aryl methyl sites for hydroxylation is 1. The molecule has 3 rings (SSSR count). The third kappa shape index (κ3) is 6.09. The Bertz CT molecular complexity index is 1130. The summed E-state index contributed by atoms with van der Waals surface area (Å²) >= 11 is 7.36. The molecule has 3 aromatic rings. The number of anilines is 1. The number of halogens is 1. The zero-order chi connectivity index (χ0) is 22.4. The van der Waals surface area contributed by atoms with Crippen LogP contribution in [0.1, 0.15) is 25.8 Å². The highest BCUT2D eigenvalue weighted by Crippen LogP contribution is 2.25. The average molecular weight is 460 g/mol. The fourth-order valence-electron chi connectivity index (χ4n) is 3.11. The van der Waals surface area contributed by atoms with E-state index >= 15 is 0 Å². The number of amides is 1. The zero-order valence-corrected chi connectivity index (χ0v) is 19.4. The van der Waals surface area contributed by atoms with Crippen molar-refractivity contribution in [2.24, 2.45) is 0 Å². The van der Waals surface area contributed by atoms with Crippen LogP contribution in [-0.4, -0.2) is 33.9 Å². The van der Waals surface area contributed by atoms with Crippen LogP contribution in [0.15, 0.2) is 52.4 Å². The highest BCUT2D eigenvalue weighted by Gasteiger charge is 2.20. The molecule has 1 aromatic heterocycles. The van der Waals surface area contributed by atoms with Crippen LogP contribution in [-0.2, 0) is 16.1 Å². The monoisotopic (exact) mass is 459 g/mol. The molecule has 2 aromatic carbocycles. The molecule has 0 aliphatic rings. The highest BCUT2D eigenvalue weighted by molar-refractivity contribution is 8.00. The lowest BCUT2D eigenvalue weighted by Gasteiger charge is -2.16. The molecule has 1 unspecified atom stereocenters. The molecule has 8 heteroatoms. The van der Waals surface area contributed by atoms with E-state index in [4.69, 9.17) is 16.3 Å². The largest absolute Gasteiger partial charge is 0.382 e. The lowest BCUT2D eigenvalue weighted by Crippen LogP contribution is -2.27. The number of benzene rings is 2. The predicted molar refractivity (Wildman–Crippen MR) is 127 cm³/mol. The number of hydrogen-bond acceptors (Lipinski definition) is 5. The second-order valence-electron chi connectivity index (χ2n) is 7.18. The molecule has 1 N–H and O–H groups in total. The summed E-state index contributed by atoms with van der Waals surface area (Å²) in [5, 5.41) is 3.97. The van der Waals surface area contributed by atoms with Gasteiger partial charge in [-0.05, 0) is 63.1 Å². The first-order valence-corrected chi connectivity index (χ1v) is 11.5. The molecule has 6 nitrogen and oxygen atoms in total. The molecule has 0 radical (unpaired) electrons. The van der Waals surface area contributed by atoms with Gasteiger partial charge in [-0.1, -0.05) is 35.5 Å². The Balaban J connectivity index is 1.87. The predicted octanol–water partition coefficient (Wildman–Crippen LogP) is 4.90. The van der Waals surface area contributed by atoms with Crippen molar-refractivity contribution < 1.29 is 9.53 Å². The zero-order valence-electron chi connectivity index (χ0n) is 17.9. The second-order valence-corrected chi connectivity index (χ2v) is 8.93. The number of nitrogens with one attached hydrogen (secondary N) is 1. The van der Waals surface area contributed by atoms with Crippen molar-refractivity contribution in [1.29, 1.82) is 0 Å². The van der Waals surface area contributed by atoms with E-state index in [0.29, 0.717) is 47.3 Å². The Morgan fingerprint density at radius 1 is 1.29 bits per heavy atom. The van der Waals surface area contributed by atoms with Crippen LogP contribution in [0.2, 0.25) is 5.02 Å². The molecule has 1 atom stereocenters. The van der Waals surface area contributed by atoms with Crippen LogP contribution < -0.4 is 10.9 Å². The molecule has 164 valence electrons. The van der Waals surface area contributed by atoms with Crippen molar-refractivity contribution in [1.82, 2.24) is 9.55 Å². The first-order valence-electron chi connectivity index (χ1n) is 10.2. The minimum atomic E-state index is -0.456. The van der Waals surface area contributed by atoms with Crippen molar-refractivity contribution in [2.45, 2.75) is 44.1 Å². The van der Waals surface area contributed by atoms with Crippen LogP contribution in [0.5, 0.6) is 0 Å². The Kier molecular flexibility index (Phi) is 8.12. The number of fused-ring (bicyclic) bond motifs is 1. The lowest BCUT2D eigenvalue weighted by molar-refractivity contribution is -0.115. The molecule has 0 saturated heterocycles. The first kappa shape index (κ1) is 23.3. The maximum absolute atomic E-state index is 13.1. The quantitative estimate of drug-likeness (QED) is 0.280. The fourth-order valence-corrected chi connectivity index (χ4v) is 4.21. The third-order valence-electron chi connectivity index (χ3n) is 4.69. The van der Waals surface area contributed by atoms with Gasteiger partial charge < -0.3 is 10.1 Å². The van der Waals surface area contributed by atoms with Crippen LogP contribution in [0.3, 0.4) is 0 Å². The number of carbonyl (C=O) groups is 1. The van der Waals surface area contributed by atoms with Gasteiger partial charge in [-0.3, -0.25) is 14.2 Å². The summed E-state index contributed by atoms with van der Waals surface area (Å²) in [6.45, 7) is 7.34. The van der Waals surface area contributed by atoms with Gasteiger partial charge in [-0.2, -0.15) is 0 Å². The number of rotatable bonds is 9. The van der Waals surface area contributed by atoms with E-state index in [-0.39, 0.29) is 11.5 Å². The summed E-state index contributed by atoms with van der Waals surface area (Å²) in [7, 11) is 0. The molecule has 31 heavy (non-hydrogen) atoms. The van der Waals surface area contributed by atoms with Gasteiger partial charge in [0.25, 0.3) is 5.56 Å². The SMILES string of the molecule is CCOCCCn1c(SC(C)C(=O)Nc2cccc(C)c2)nc2cc(Cl)ccc2c1=O. The number of thioether (sulfide) groups is 1. The van der Waals surface area contributed by atoms with E-state index < -0.39 is 5.25 Å². The second kappa shape index (κ2) is 10.8. The summed E-state index contributed by atoms with van der Waals surface area (Å²) < 4.78 is 7.03. The summed E-state index contributed by atoms with van der Waals surface area (Å²) in [6, 6.07) is 12.7. The summed E-state index contributed by atoms with van der Waals surface area (Å²) in [6.07, 6.45) is 0.673. The Morgan fingerprint density at radius 2 is 2.10 bits per heavy atom. The Labute approximate surface area is 191 Å². The van der Waals surface area contributed by atoms with Gasteiger partial charge in [0, 0.05) is 30.5 Å². The van der Waals surface area contributed by atoms with Gasteiger partial charge in [0.1, 0.15) is 0 Å². The summed E-state index contributed by atoms with van der Waals surface area (Å²) in [5.41, 5.74) is 2.18. The number of hydrogen-bond donors (Lipinski definition) is 1. The van der Waals surface area contributed by atoms with E-state index in [2.05, 4.69) is 10.3 Å². The molecule has 0 fully saturated rings. The Hall–Kier alpha value is -2.35. The molecule has 0 spiro atoms. The summed E-state index contributed by atoms with van der Waals surface area (Å²) in [5.74, 6) is -0.156. The van der Waals surface area contributed by atoms with Crippen LogP contribution >= 0.6 is 23.4 Å². The first-order chi connectivity index (χ1) is 14.9. The lowest BCUT2D eigenvalue weighted by atomic mass is 10.2. The van der Waals surface area contributed by atoms with E-state index in [1.54, 1.807) is 29.7 Å². The van der Waals surface area contributed by atoms with Crippen molar-refractivity contribution in [3.63, 3.8) is 0 Å². The van der Waals surface area contributed by atoms with E-state index in [0.717, 1.165) is 11.3 Å². The van der Waals surface area contributed by atoms with Gasteiger partial charge in [0.05, 0.1) is 16.2 Å². The van der Waals surface area contributed by atoms with Crippen molar-refractivity contribution in [3.8, 4) is 0 Å². The molecule has 1 amide bonds. The normalized spacial score (nSPS) is 12.1. The molecular formula is C23H26ClN3O3S. The Morgan fingerprint density at radius 3 is 2.84 bits per heavy atom. The minimum absolute atomic E-state index is 0.146. The van der Waals surface area contributed by atoms with Gasteiger partial charge in [0.15, 0.2) is 5.16 Å². The van der Waals surface area contributed by atoms with Gasteiger partial charge in [0.2, 0.25) is 5.91 Å². The smallest absolute Gasteiger partial charge is 0.262 e. The number of ether oxygens (including phenoxy) is 1. The van der Waals surface area contributed by atoms with E-state index in [1.807, 2.05) is 38.1 Å². The third-order valence-corrected chi connectivity index (χ3v) is 6.02.